The number of halogens is 1. The second-order valence-electron chi connectivity index (χ2n) is 5.64. The average molecular weight is 431 g/mol. The van der Waals surface area contributed by atoms with Crippen LogP contribution in [-0.2, 0) is 6.42 Å². The van der Waals surface area contributed by atoms with Gasteiger partial charge in [0.05, 0.1) is 12.3 Å². The molecule has 3 heterocycles. The van der Waals surface area contributed by atoms with Crippen LogP contribution in [0.3, 0.4) is 0 Å². The van der Waals surface area contributed by atoms with Crippen molar-refractivity contribution in [2.45, 2.75) is 13.3 Å². The van der Waals surface area contributed by atoms with Gasteiger partial charge in [0.15, 0.2) is 17.4 Å². The summed E-state index contributed by atoms with van der Waals surface area (Å²) in [5.74, 6) is 4.17. The lowest BCUT2D eigenvalue weighted by molar-refractivity contribution is 0.380. The van der Waals surface area contributed by atoms with Crippen molar-refractivity contribution < 1.29 is 9.26 Å². The number of aryl methyl sites for hydroxylation is 1. The van der Waals surface area contributed by atoms with Crippen molar-refractivity contribution in [3.63, 3.8) is 0 Å². The molecule has 3 aromatic rings. The smallest absolute Gasteiger partial charge is 0.232 e. The quantitative estimate of drug-likeness (QED) is 0.568. The number of para-hydroxylation sites is 1. The molecule has 0 fully saturated rings. The summed E-state index contributed by atoms with van der Waals surface area (Å²) in [6.45, 7) is 1.81. The number of ether oxygens (including phenoxy) is 1. The number of hydrogen-bond acceptors (Lipinski definition) is 7. The van der Waals surface area contributed by atoms with Gasteiger partial charge >= 0.3 is 0 Å². The molecular formula is C18H15BrN4O2S. The standard InChI is InChI=1S/C18H15BrN4O2S/c1-12-21-17(25-22-12)8-14-10-26-11-23(14)18-16(7-13(19)9-20-18)24-15-5-3-2-4-6-15/h2-7,9-10H,8,11H2,1H3. The Bertz CT molecular complexity index is 945. The van der Waals surface area contributed by atoms with Crippen LogP contribution in [0.4, 0.5) is 5.82 Å². The number of pyridine rings is 1. The molecule has 1 aliphatic heterocycles. The summed E-state index contributed by atoms with van der Waals surface area (Å²) < 4.78 is 12.2. The summed E-state index contributed by atoms with van der Waals surface area (Å²) in [5, 5.41) is 5.95. The molecule has 1 aliphatic rings. The molecule has 1 aromatic carbocycles. The Morgan fingerprint density at radius 2 is 2.15 bits per heavy atom. The molecule has 132 valence electrons. The van der Waals surface area contributed by atoms with E-state index in [4.69, 9.17) is 9.26 Å². The number of hydrogen-bond donors (Lipinski definition) is 0. The molecule has 26 heavy (non-hydrogen) atoms. The Hall–Kier alpha value is -2.32. The van der Waals surface area contributed by atoms with E-state index in [2.05, 4.69) is 41.4 Å². The van der Waals surface area contributed by atoms with Crippen LogP contribution in [0, 0.1) is 6.92 Å². The van der Waals surface area contributed by atoms with Gasteiger partial charge in [0.1, 0.15) is 5.75 Å². The van der Waals surface area contributed by atoms with E-state index in [1.165, 1.54) is 0 Å². The third-order valence-electron chi connectivity index (χ3n) is 3.70. The summed E-state index contributed by atoms with van der Waals surface area (Å²) in [5.41, 5.74) is 1.05. The molecule has 0 radical (unpaired) electrons. The molecule has 6 nitrogen and oxygen atoms in total. The zero-order valence-corrected chi connectivity index (χ0v) is 16.3. The van der Waals surface area contributed by atoms with E-state index in [1.54, 1.807) is 18.0 Å². The van der Waals surface area contributed by atoms with E-state index in [0.717, 1.165) is 27.6 Å². The first kappa shape index (κ1) is 17.1. The molecule has 2 aromatic heterocycles. The zero-order chi connectivity index (χ0) is 17.9. The van der Waals surface area contributed by atoms with E-state index in [-0.39, 0.29) is 0 Å². The minimum absolute atomic E-state index is 0.552. The maximum absolute atomic E-state index is 6.08. The molecular weight excluding hydrogens is 416 g/mol. The Morgan fingerprint density at radius 3 is 2.92 bits per heavy atom. The largest absolute Gasteiger partial charge is 0.453 e. The van der Waals surface area contributed by atoms with Gasteiger partial charge in [0.2, 0.25) is 5.89 Å². The first-order chi connectivity index (χ1) is 12.7. The summed E-state index contributed by atoms with van der Waals surface area (Å²) >= 11 is 5.17. The normalized spacial score (nSPS) is 13.8. The van der Waals surface area contributed by atoms with E-state index >= 15 is 0 Å². The van der Waals surface area contributed by atoms with Crippen LogP contribution in [-0.4, -0.2) is 21.0 Å². The summed E-state index contributed by atoms with van der Waals surface area (Å²) in [6, 6.07) is 11.6. The van der Waals surface area contributed by atoms with Crippen LogP contribution >= 0.6 is 27.7 Å². The van der Waals surface area contributed by atoms with Crippen LogP contribution in [0.25, 0.3) is 0 Å². The van der Waals surface area contributed by atoms with Crippen molar-refractivity contribution in [1.82, 2.24) is 15.1 Å². The fourth-order valence-corrected chi connectivity index (χ4v) is 3.79. The summed E-state index contributed by atoms with van der Waals surface area (Å²) in [4.78, 5) is 11.0. The van der Waals surface area contributed by atoms with Gasteiger partial charge in [-0.25, -0.2) is 4.98 Å². The number of nitrogens with zero attached hydrogens (tertiary/aromatic N) is 4. The number of aromatic nitrogens is 3. The fourth-order valence-electron chi connectivity index (χ4n) is 2.56. The van der Waals surface area contributed by atoms with Crippen molar-refractivity contribution in [2.24, 2.45) is 0 Å². The second kappa shape index (κ2) is 7.51. The molecule has 0 saturated heterocycles. The Kier molecular flexibility index (Phi) is 4.94. The van der Waals surface area contributed by atoms with Crippen molar-refractivity contribution in [1.29, 1.82) is 0 Å². The molecule has 0 N–H and O–H groups in total. The summed E-state index contributed by atoms with van der Waals surface area (Å²) in [6.07, 6.45) is 2.32. The highest BCUT2D eigenvalue weighted by Crippen LogP contribution is 2.38. The Morgan fingerprint density at radius 1 is 1.31 bits per heavy atom. The van der Waals surface area contributed by atoms with Gasteiger partial charge < -0.3 is 14.2 Å². The lowest BCUT2D eigenvalue weighted by Gasteiger charge is -2.22. The molecule has 0 unspecified atom stereocenters. The van der Waals surface area contributed by atoms with Gasteiger partial charge in [-0.15, -0.1) is 11.8 Å². The fraction of sp³-hybridized carbons (Fsp3) is 0.167. The predicted octanol–water partition coefficient (Wildman–Crippen LogP) is 4.92. The maximum atomic E-state index is 6.08. The number of benzene rings is 1. The lowest BCUT2D eigenvalue weighted by atomic mass is 10.3. The van der Waals surface area contributed by atoms with Gasteiger partial charge in [-0.1, -0.05) is 23.4 Å². The number of thioether (sulfide) groups is 1. The molecule has 0 bridgehead atoms. The van der Waals surface area contributed by atoms with Gasteiger partial charge in [-0.05, 0) is 40.4 Å². The van der Waals surface area contributed by atoms with E-state index in [1.807, 2.05) is 43.3 Å². The third-order valence-corrected chi connectivity index (χ3v) is 4.98. The molecule has 0 spiro atoms. The van der Waals surface area contributed by atoms with Gasteiger partial charge in [0.25, 0.3) is 0 Å². The van der Waals surface area contributed by atoms with Crippen molar-refractivity contribution >= 4 is 33.5 Å². The molecule has 4 rings (SSSR count). The number of allylic oxidation sites excluding steroid dienone is 1. The van der Waals surface area contributed by atoms with Crippen molar-refractivity contribution in [3.8, 4) is 11.5 Å². The summed E-state index contributed by atoms with van der Waals surface area (Å²) in [7, 11) is 0. The van der Waals surface area contributed by atoms with Crippen molar-refractivity contribution in [3.05, 3.63) is 69.9 Å². The van der Waals surface area contributed by atoms with Gasteiger partial charge in [0, 0.05) is 22.4 Å². The molecule has 0 atom stereocenters. The highest BCUT2D eigenvalue weighted by atomic mass is 79.9. The van der Waals surface area contributed by atoms with Gasteiger partial charge in [-0.2, -0.15) is 4.98 Å². The minimum atomic E-state index is 0.552. The van der Waals surface area contributed by atoms with Crippen molar-refractivity contribution in [2.75, 3.05) is 10.8 Å². The Labute approximate surface area is 163 Å². The van der Waals surface area contributed by atoms with Crippen LogP contribution in [0.1, 0.15) is 11.7 Å². The third kappa shape index (κ3) is 3.76. The minimum Gasteiger partial charge on any atom is -0.453 e. The lowest BCUT2D eigenvalue weighted by Crippen LogP contribution is -2.21. The van der Waals surface area contributed by atoms with Crippen LogP contribution in [0.15, 0.2) is 62.7 Å². The van der Waals surface area contributed by atoms with Crippen LogP contribution < -0.4 is 9.64 Å². The average Bonchev–Trinajstić information content (AvgIpc) is 3.25. The highest BCUT2D eigenvalue weighted by molar-refractivity contribution is 9.10. The first-order valence-electron chi connectivity index (χ1n) is 7.95. The number of anilines is 1. The van der Waals surface area contributed by atoms with E-state index < -0.39 is 0 Å². The van der Waals surface area contributed by atoms with Crippen LogP contribution in [0.2, 0.25) is 0 Å². The topological polar surface area (TPSA) is 64.3 Å². The number of rotatable bonds is 5. The first-order valence-corrected chi connectivity index (χ1v) is 9.79. The Balaban J connectivity index is 1.63. The molecule has 0 amide bonds. The zero-order valence-electron chi connectivity index (χ0n) is 13.9. The monoisotopic (exact) mass is 430 g/mol. The maximum Gasteiger partial charge on any atom is 0.232 e. The van der Waals surface area contributed by atoms with Crippen LogP contribution in [0.5, 0.6) is 11.5 Å². The SMILES string of the molecule is Cc1noc(CC2=CSCN2c2ncc(Br)cc2Oc2ccccc2)n1. The van der Waals surface area contributed by atoms with E-state index in [9.17, 15) is 0 Å². The predicted molar refractivity (Wildman–Crippen MR) is 104 cm³/mol. The highest BCUT2D eigenvalue weighted by Gasteiger charge is 2.24. The van der Waals surface area contributed by atoms with Gasteiger partial charge in [-0.3, -0.25) is 0 Å². The molecule has 8 heteroatoms. The second-order valence-corrected chi connectivity index (χ2v) is 7.38. The molecule has 0 saturated carbocycles. The molecule has 0 aliphatic carbocycles. The van der Waals surface area contributed by atoms with E-state index in [0.29, 0.717) is 23.9 Å².